The lowest BCUT2D eigenvalue weighted by Crippen LogP contribution is -2.50. The van der Waals surface area contributed by atoms with Crippen LogP contribution in [0.25, 0.3) is 0 Å². The molecule has 3 unspecified atom stereocenters. The Hall–Kier alpha value is -2.53. The number of hydrogen-bond donors (Lipinski definition) is 1. The average molecular weight is 408 g/mol. The predicted molar refractivity (Wildman–Crippen MR) is 121 cm³/mol. The maximum absolute atomic E-state index is 12.9. The van der Waals surface area contributed by atoms with Crippen LogP contribution in [0.5, 0.6) is 5.75 Å². The molecule has 2 aliphatic heterocycles. The normalized spacial score (nSPS) is 21.6. The molecule has 0 saturated carbocycles. The van der Waals surface area contributed by atoms with Crippen molar-refractivity contribution in [2.24, 2.45) is 0 Å². The van der Waals surface area contributed by atoms with Gasteiger partial charge in [0.05, 0.1) is 6.61 Å². The zero-order valence-corrected chi connectivity index (χ0v) is 18.3. The summed E-state index contributed by atoms with van der Waals surface area (Å²) in [5.41, 5.74) is 3.54. The van der Waals surface area contributed by atoms with Gasteiger partial charge in [0.2, 0.25) is 0 Å². The topological polar surface area (TPSA) is 44.8 Å². The zero-order chi connectivity index (χ0) is 21.1. The van der Waals surface area contributed by atoms with Crippen molar-refractivity contribution in [2.45, 2.75) is 58.2 Å². The van der Waals surface area contributed by atoms with Gasteiger partial charge in [0.15, 0.2) is 0 Å². The van der Waals surface area contributed by atoms with Crippen molar-refractivity contribution in [2.75, 3.05) is 25.0 Å². The number of aryl methyl sites for hydroxylation is 1. The number of ether oxygens (including phenoxy) is 1. The molecular formula is C25H33N3O2. The third-order valence-corrected chi connectivity index (χ3v) is 6.55. The Balaban J connectivity index is 1.32. The third kappa shape index (κ3) is 4.31. The minimum absolute atomic E-state index is 0.00495. The Labute approximate surface area is 180 Å². The fourth-order valence-electron chi connectivity index (χ4n) is 4.82. The summed E-state index contributed by atoms with van der Waals surface area (Å²) in [5, 5.41) is 3.06. The molecular weight excluding hydrogens is 374 g/mol. The molecule has 2 bridgehead atoms. The SMILES string of the molecule is CCCCOc1ccc(NC(=O)N2CC3CC2CN3C(C)c2ccccc2C)cc1. The van der Waals surface area contributed by atoms with Crippen LogP contribution in [0.3, 0.4) is 0 Å². The molecule has 2 aliphatic rings. The van der Waals surface area contributed by atoms with Gasteiger partial charge in [-0.1, -0.05) is 37.6 Å². The Morgan fingerprint density at radius 1 is 1.13 bits per heavy atom. The molecule has 2 amide bonds. The van der Waals surface area contributed by atoms with Gasteiger partial charge in [0.1, 0.15) is 5.75 Å². The molecule has 5 nitrogen and oxygen atoms in total. The molecule has 4 rings (SSSR count). The van der Waals surface area contributed by atoms with Crippen LogP contribution in [-0.2, 0) is 0 Å². The number of nitrogens with one attached hydrogen (secondary N) is 1. The molecule has 160 valence electrons. The van der Waals surface area contributed by atoms with Crippen molar-refractivity contribution in [3.05, 3.63) is 59.7 Å². The molecule has 2 saturated heterocycles. The van der Waals surface area contributed by atoms with Crippen LogP contribution in [0.1, 0.15) is 50.3 Å². The highest BCUT2D eigenvalue weighted by molar-refractivity contribution is 5.90. The van der Waals surface area contributed by atoms with Crippen molar-refractivity contribution in [3.63, 3.8) is 0 Å². The Bertz CT molecular complexity index is 867. The van der Waals surface area contributed by atoms with Gasteiger partial charge in [0.25, 0.3) is 0 Å². The quantitative estimate of drug-likeness (QED) is 0.640. The first-order valence-electron chi connectivity index (χ1n) is 11.2. The first-order chi connectivity index (χ1) is 14.6. The molecule has 0 spiro atoms. The van der Waals surface area contributed by atoms with E-state index < -0.39 is 0 Å². The van der Waals surface area contributed by atoms with Gasteiger partial charge < -0.3 is 15.0 Å². The number of anilines is 1. The van der Waals surface area contributed by atoms with E-state index in [1.807, 2.05) is 29.2 Å². The molecule has 2 aromatic rings. The van der Waals surface area contributed by atoms with Gasteiger partial charge in [-0.25, -0.2) is 4.79 Å². The Morgan fingerprint density at radius 3 is 2.57 bits per heavy atom. The number of rotatable bonds is 7. The van der Waals surface area contributed by atoms with Gasteiger partial charge in [-0.3, -0.25) is 4.90 Å². The molecule has 1 N–H and O–H groups in total. The van der Waals surface area contributed by atoms with Gasteiger partial charge in [-0.15, -0.1) is 0 Å². The number of urea groups is 1. The van der Waals surface area contributed by atoms with E-state index in [0.29, 0.717) is 12.1 Å². The lowest BCUT2D eigenvalue weighted by molar-refractivity contribution is 0.115. The van der Waals surface area contributed by atoms with Crippen LogP contribution < -0.4 is 10.1 Å². The first kappa shape index (κ1) is 20.7. The summed E-state index contributed by atoms with van der Waals surface area (Å²) in [4.78, 5) is 17.4. The standard InChI is InChI=1S/C25H33N3O2/c1-4-5-14-30-23-12-10-20(11-13-23)26-25(29)28-17-21-15-22(28)16-27(21)19(3)24-9-7-6-8-18(24)2/h6-13,19,21-22H,4-5,14-17H2,1-3H3,(H,26,29). The lowest BCUT2D eigenvalue weighted by atomic mass is 10.0. The summed E-state index contributed by atoms with van der Waals surface area (Å²) in [6, 6.07) is 17.4. The maximum Gasteiger partial charge on any atom is 0.322 e. The van der Waals surface area contributed by atoms with E-state index in [4.69, 9.17) is 4.74 Å². The highest BCUT2D eigenvalue weighted by atomic mass is 16.5. The molecule has 2 fully saturated rings. The molecule has 0 aromatic heterocycles. The summed E-state index contributed by atoms with van der Waals surface area (Å²) in [6.45, 7) is 9.09. The van der Waals surface area contributed by atoms with E-state index in [0.717, 1.165) is 50.4 Å². The molecule has 2 aromatic carbocycles. The molecule has 5 heteroatoms. The first-order valence-corrected chi connectivity index (χ1v) is 11.2. The number of unbranched alkanes of at least 4 members (excludes halogenated alkanes) is 1. The summed E-state index contributed by atoms with van der Waals surface area (Å²) < 4.78 is 5.70. The number of amides is 2. The smallest absolute Gasteiger partial charge is 0.322 e. The van der Waals surface area contributed by atoms with Gasteiger partial charge in [0, 0.05) is 36.9 Å². The van der Waals surface area contributed by atoms with Crippen LogP contribution in [0.4, 0.5) is 10.5 Å². The summed E-state index contributed by atoms with van der Waals surface area (Å²) >= 11 is 0. The fraction of sp³-hybridized carbons (Fsp3) is 0.480. The van der Waals surface area contributed by atoms with Crippen LogP contribution in [0.15, 0.2) is 48.5 Å². The minimum atomic E-state index is 0.00495. The Kier molecular flexibility index (Phi) is 6.28. The predicted octanol–water partition coefficient (Wildman–Crippen LogP) is 5.23. The number of carbonyl (C=O) groups excluding carboxylic acids is 1. The second kappa shape index (κ2) is 9.09. The second-order valence-corrected chi connectivity index (χ2v) is 8.58. The van der Waals surface area contributed by atoms with E-state index in [9.17, 15) is 4.79 Å². The second-order valence-electron chi connectivity index (χ2n) is 8.58. The van der Waals surface area contributed by atoms with Crippen LogP contribution in [-0.4, -0.2) is 47.6 Å². The minimum Gasteiger partial charge on any atom is -0.494 e. The van der Waals surface area contributed by atoms with Crippen molar-refractivity contribution < 1.29 is 9.53 Å². The van der Waals surface area contributed by atoms with E-state index in [1.165, 1.54) is 11.1 Å². The van der Waals surface area contributed by atoms with Gasteiger partial charge >= 0.3 is 6.03 Å². The van der Waals surface area contributed by atoms with Crippen molar-refractivity contribution >= 4 is 11.7 Å². The molecule has 2 heterocycles. The van der Waals surface area contributed by atoms with E-state index in [2.05, 4.69) is 55.3 Å². The highest BCUT2D eigenvalue weighted by Gasteiger charge is 2.46. The van der Waals surface area contributed by atoms with E-state index >= 15 is 0 Å². The largest absolute Gasteiger partial charge is 0.494 e. The lowest BCUT2D eigenvalue weighted by Gasteiger charge is -2.38. The molecule has 30 heavy (non-hydrogen) atoms. The maximum atomic E-state index is 12.9. The summed E-state index contributed by atoms with van der Waals surface area (Å²) in [7, 11) is 0. The van der Waals surface area contributed by atoms with Crippen molar-refractivity contribution in [1.82, 2.24) is 9.80 Å². The third-order valence-electron chi connectivity index (χ3n) is 6.55. The van der Waals surface area contributed by atoms with Gasteiger partial charge in [-0.05, 0) is 62.1 Å². The van der Waals surface area contributed by atoms with Crippen LogP contribution in [0, 0.1) is 6.92 Å². The van der Waals surface area contributed by atoms with E-state index in [-0.39, 0.29) is 12.1 Å². The monoisotopic (exact) mass is 407 g/mol. The number of nitrogens with zero attached hydrogens (tertiary/aromatic N) is 2. The van der Waals surface area contributed by atoms with Crippen molar-refractivity contribution in [1.29, 1.82) is 0 Å². The Morgan fingerprint density at radius 2 is 1.90 bits per heavy atom. The number of fused-ring (bicyclic) bond motifs is 2. The van der Waals surface area contributed by atoms with Crippen molar-refractivity contribution in [3.8, 4) is 5.75 Å². The molecule has 0 aliphatic carbocycles. The number of benzene rings is 2. The van der Waals surface area contributed by atoms with Crippen LogP contribution in [0.2, 0.25) is 0 Å². The van der Waals surface area contributed by atoms with E-state index in [1.54, 1.807) is 0 Å². The fourth-order valence-corrected chi connectivity index (χ4v) is 4.82. The zero-order valence-electron chi connectivity index (χ0n) is 18.3. The number of piperazine rings is 1. The number of hydrogen-bond acceptors (Lipinski definition) is 3. The summed E-state index contributed by atoms with van der Waals surface area (Å²) in [6.07, 6.45) is 3.23. The number of likely N-dealkylation sites (tertiary alicyclic amines) is 2. The molecule has 0 radical (unpaired) electrons. The van der Waals surface area contributed by atoms with Crippen LogP contribution >= 0.6 is 0 Å². The highest BCUT2D eigenvalue weighted by Crippen LogP contribution is 2.37. The summed E-state index contributed by atoms with van der Waals surface area (Å²) in [5.74, 6) is 0.850. The van der Waals surface area contributed by atoms with Gasteiger partial charge in [-0.2, -0.15) is 0 Å². The molecule has 3 atom stereocenters. The average Bonchev–Trinajstić information content (AvgIpc) is 3.36. The number of carbonyl (C=O) groups is 1.